The minimum absolute atomic E-state index is 0.451. The molecular weight excluding hydrogens is 176 g/mol. The van der Waals surface area contributed by atoms with Crippen LogP contribution >= 0.6 is 0 Å². The SMILES string of the molecule is CC1c2nncn2CCN1CC1CC1. The molecule has 1 atom stereocenters. The number of nitrogens with zero attached hydrogens (tertiary/aromatic N) is 4. The Kier molecular flexibility index (Phi) is 1.83. The molecule has 2 aliphatic rings. The maximum Gasteiger partial charge on any atom is 0.149 e. The van der Waals surface area contributed by atoms with Gasteiger partial charge in [-0.3, -0.25) is 4.90 Å². The Balaban J connectivity index is 1.78. The Morgan fingerprint density at radius 3 is 3.07 bits per heavy atom. The van der Waals surface area contributed by atoms with E-state index in [4.69, 9.17) is 0 Å². The lowest BCUT2D eigenvalue weighted by Crippen LogP contribution is -2.38. The third kappa shape index (κ3) is 1.34. The zero-order valence-electron chi connectivity index (χ0n) is 8.56. The standard InChI is InChI=1S/C10H16N4/c1-8-10-12-11-7-14(10)5-4-13(8)6-9-2-3-9/h7-9H,2-6H2,1H3. The van der Waals surface area contributed by atoms with Crippen molar-refractivity contribution in [1.82, 2.24) is 19.7 Å². The largest absolute Gasteiger partial charge is 0.315 e. The summed E-state index contributed by atoms with van der Waals surface area (Å²) in [6.45, 7) is 5.71. The van der Waals surface area contributed by atoms with Gasteiger partial charge in [0.05, 0.1) is 6.04 Å². The third-order valence-corrected chi connectivity index (χ3v) is 3.38. The van der Waals surface area contributed by atoms with Gasteiger partial charge in [0.1, 0.15) is 12.2 Å². The molecular formula is C10H16N4. The van der Waals surface area contributed by atoms with Gasteiger partial charge in [-0.2, -0.15) is 0 Å². The summed E-state index contributed by atoms with van der Waals surface area (Å²) in [5.74, 6) is 2.10. The van der Waals surface area contributed by atoms with E-state index in [1.807, 2.05) is 6.33 Å². The predicted octanol–water partition coefficient (Wildman–Crippen LogP) is 1.06. The molecule has 0 amide bonds. The molecule has 76 valence electrons. The molecule has 4 nitrogen and oxygen atoms in total. The minimum atomic E-state index is 0.451. The molecule has 2 heterocycles. The second-order valence-corrected chi connectivity index (χ2v) is 4.50. The van der Waals surface area contributed by atoms with Crippen LogP contribution in [0.2, 0.25) is 0 Å². The second kappa shape index (κ2) is 3.05. The zero-order valence-corrected chi connectivity index (χ0v) is 8.56. The van der Waals surface area contributed by atoms with Gasteiger partial charge in [0.25, 0.3) is 0 Å². The minimum Gasteiger partial charge on any atom is -0.315 e. The fraction of sp³-hybridized carbons (Fsp3) is 0.800. The molecule has 1 unspecified atom stereocenters. The van der Waals surface area contributed by atoms with E-state index in [9.17, 15) is 0 Å². The number of rotatable bonds is 2. The summed E-state index contributed by atoms with van der Waals surface area (Å²) < 4.78 is 2.17. The monoisotopic (exact) mass is 192 g/mol. The molecule has 0 aromatic carbocycles. The molecule has 1 aromatic rings. The average Bonchev–Trinajstić information content (AvgIpc) is 2.85. The Bertz CT molecular complexity index is 329. The van der Waals surface area contributed by atoms with E-state index in [2.05, 4.69) is 26.6 Å². The highest BCUT2D eigenvalue weighted by atomic mass is 15.3. The van der Waals surface area contributed by atoms with Crippen molar-refractivity contribution in [3.63, 3.8) is 0 Å². The van der Waals surface area contributed by atoms with Crippen LogP contribution in [0.3, 0.4) is 0 Å². The van der Waals surface area contributed by atoms with E-state index >= 15 is 0 Å². The van der Waals surface area contributed by atoms with Gasteiger partial charge in [0.2, 0.25) is 0 Å². The Morgan fingerprint density at radius 1 is 1.43 bits per heavy atom. The zero-order chi connectivity index (χ0) is 9.54. The lowest BCUT2D eigenvalue weighted by molar-refractivity contribution is 0.158. The highest BCUT2D eigenvalue weighted by molar-refractivity contribution is 4.98. The van der Waals surface area contributed by atoms with Crippen LogP contribution in [0, 0.1) is 5.92 Å². The summed E-state index contributed by atoms with van der Waals surface area (Å²) in [6.07, 6.45) is 4.70. The molecule has 1 fully saturated rings. The Labute approximate surface area is 83.9 Å². The molecule has 0 N–H and O–H groups in total. The van der Waals surface area contributed by atoms with Crippen molar-refractivity contribution < 1.29 is 0 Å². The van der Waals surface area contributed by atoms with Gasteiger partial charge in [-0.1, -0.05) is 0 Å². The van der Waals surface area contributed by atoms with Crippen molar-refractivity contribution in [3.8, 4) is 0 Å². The number of hydrogen-bond acceptors (Lipinski definition) is 3. The van der Waals surface area contributed by atoms with Gasteiger partial charge in [-0.05, 0) is 25.7 Å². The highest BCUT2D eigenvalue weighted by Gasteiger charge is 2.30. The summed E-state index contributed by atoms with van der Waals surface area (Å²) in [5.41, 5.74) is 0. The molecule has 3 rings (SSSR count). The third-order valence-electron chi connectivity index (χ3n) is 3.38. The summed E-state index contributed by atoms with van der Waals surface area (Å²) in [5, 5.41) is 8.16. The highest BCUT2D eigenvalue weighted by Crippen LogP contribution is 2.33. The van der Waals surface area contributed by atoms with Crippen LogP contribution in [0.15, 0.2) is 6.33 Å². The van der Waals surface area contributed by atoms with Crippen LogP contribution in [0.1, 0.15) is 31.6 Å². The molecule has 0 spiro atoms. The summed E-state index contributed by atoms with van der Waals surface area (Å²) in [4.78, 5) is 2.54. The van der Waals surface area contributed by atoms with E-state index in [1.54, 1.807) is 0 Å². The van der Waals surface area contributed by atoms with Gasteiger partial charge in [-0.25, -0.2) is 0 Å². The normalized spacial score (nSPS) is 27.6. The Hall–Kier alpha value is -0.900. The van der Waals surface area contributed by atoms with Crippen molar-refractivity contribution in [2.45, 2.75) is 32.4 Å². The lowest BCUT2D eigenvalue weighted by atomic mass is 10.2. The van der Waals surface area contributed by atoms with Gasteiger partial charge in [0.15, 0.2) is 0 Å². The fourth-order valence-electron chi connectivity index (χ4n) is 2.23. The fourth-order valence-corrected chi connectivity index (χ4v) is 2.23. The van der Waals surface area contributed by atoms with E-state index in [1.165, 1.54) is 19.4 Å². The molecule has 14 heavy (non-hydrogen) atoms. The molecule has 1 aliphatic heterocycles. The van der Waals surface area contributed by atoms with Crippen LogP contribution < -0.4 is 0 Å². The van der Waals surface area contributed by atoms with Crippen molar-refractivity contribution in [2.75, 3.05) is 13.1 Å². The molecule has 1 aliphatic carbocycles. The average molecular weight is 192 g/mol. The van der Waals surface area contributed by atoms with Gasteiger partial charge < -0.3 is 4.57 Å². The summed E-state index contributed by atoms with van der Waals surface area (Å²) in [7, 11) is 0. The van der Waals surface area contributed by atoms with Crippen molar-refractivity contribution in [2.24, 2.45) is 5.92 Å². The molecule has 0 radical (unpaired) electrons. The second-order valence-electron chi connectivity index (χ2n) is 4.50. The van der Waals surface area contributed by atoms with Crippen molar-refractivity contribution in [3.05, 3.63) is 12.2 Å². The molecule has 1 aromatic heterocycles. The van der Waals surface area contributed by atoms with E-state index in [0.717, 1.165) is 24.8 Å². The number of hydrogen-bond donors (Lipinski definition) is 0. The van der Waals surface area contributed by atoms with Crippen molar-refractivity contribution >= 4 is 0 Å². The first-order valence-electron chi connectivity index (χ1n) is 5.46. The van der Waals surface area contributed by atoms with Crippen LogP contribution in [-0.2, 0) is 6.54 Å². The van der Waals surface area contributed by atoms with Crippen LogP contribution in [0.4, 0.5) is 0 Å². The first kappa shape index (κ1) is 8.41. The van der Waals surface area contributed by atoms with Crippen LogP contribution in [-0.4, -0.2) is 32.8 Å². The molecule has 0 saturated heterocycles. The molecule has 0 bridgehead atoms. The molecule has 1 saturated carbocycles. The first-order valence-corrected chi connectivity index (χ1v) is 5.46. The van der Waals surface area contributed by atoms with Crippen molar-refractivity contribution in [1.29, 1.82) is 0 Å². The number of aromatic nitrogens is 3. The van der Waals surface area contributed by atoms with Gasteiger partial charge in [-0.15, -0.1) is 10.2 Å². The first-order chi connectivity index (χ1) is 6.84. The molecule has 4 heteroatoms. The maximum absolute atomic E-state index is 4.19. The van der Waals surface area contributed by atoms with E-state index < -0.39 is 0 Å². The van der Waals surface area contributed by atoms with Crippen LogP contribution in [0.25, 0.3) is 0 Å². The lowest BCUT2D eigenvalue weighted by Gasteiger charge is -2.33. The summed E-state index contributed by atoms with van der Waals surface area (Å²) >= 11 is 0. The number of fused-ring (bicyclic) bond motifs is 1. The quantitative estimate of drug-likeness (QED) is 0.702. The van der Waals surface area contributed by atoms with Gasteiger partial charge >= 0.3 is 0 Å². The topological polar surface area (TPSA) is 34.0 Å². The predicted molar refractivity (Wildman–Crippen MR) is 52.7 cm³/mol. The smallest absolute Gasteiger partial charge is 0.149 e. The van der Waals surface area contributed by atoms with E-state index in [-0.39, 0.29) is 0 Å². The van der Waals surface area contributed by atoms with E-state index in [0.29, 0.717) is 6.04 Å². The van der Waals surface area contributed by atoms with Gasteiger partial charge in [0, 0.05) is 19.6 Å². The summed E-state index contributed by atoms with van der Waals surface area (Å²) in [6, 6.07) is 0.451. The maximum atomic E-state index is 4.19. The van der Waals surface area contributed by atoms with Crippen LogP contribution in [0.5, 0.6) is 0 Å². The Morgan fingerprint density at radius 2 is 2.29 bits per heavy atom.